The van der Waals surface area contributed by atoms with Crippen molar-refractivity contribution in [2.45, 2.75) is 33.2 Å². The predicted octanol–water partition coefficient (Wildman–Crippen LogP) is 4.01. The van der Waals surface area contributed by atoms with E-state index in [9.17, 15) is 4.79 Å². The summed E-state index contributed by atoms with van der Waals surface area (Å²) in [5, 5.41) is 5.98. The first-order valence-corrected chi connectivity index (χ1v) is 7.73. The van der Waals surface area contributed by atoms with Crippen molar-refractivity contribution in [3.8, 4) is 0 Å². The molecule has 0 atom stereocenters. The Bertz CT molecular complexity index is 695. The van der Waals surface area contributed by atoms with Gasteiger partial charge in [0, 0.05) is 21.9 Å². The highest BCUT2D eigenvalue weighted by molar-refractivity contribution is 9.10. The summed E-state index contributed by atoms with van der Waals surface area (Å²) in [5.74, 6) is 0.167. The number of carbonyl (C=O) groups is 1. The van der Waals surface area contributed by atoms with Crippen LogP contribution in [0, 0.1) is 6.92 Å². The van der Waals surface area contributed by atoms with Gasteiger partial charge in [0.2, 0.25) is 5.95 Å². The number of halogens is 1. The first kappa shape index (κ1) is 16.4. The molecule has 0 spiro atoms. The first-order chi connectivity index (χ1) is 10.2. The smallest absolute Gasteiger partial charge is 0.274 e. The molecule has 22 heavy (non-hydrogen) atoms. The Balaban J connectivity index is 2.15. The molecule has 0 unspecified atom stereocenters. The van der Waals surface area contributed by atoms with Crippen LogP contribution in [0.4, 0.5) is 11.6 Å². The Morgan fingerprint density at radius 1 is 1.23 bits per heavy atom. The molecule has 2 N–H and O–H groups in total. The van der Waals surface area contributed by atoms with E-state index in [1.165, 1.54) is 0 Å². The number of anilines is 2. The highest BCUT2D eigenvalue weighted by atomic mass is 79.9. The molecule has 6 heteroatoms. The number of aryl methyl sites for hydroxylation is 1. The molecular formula is C16H19BrN4O. The second-order valence-corrected chi connectivity index (χ2v) is 6.91. The van der Waals surface area contributed by atoms with Crippen molar-refractivity contribution in [2.24, 2.45) is 0 Å². The van der Waals surface area contributed by atoms with Gasteiger partial charge in [0.05, 0.1) is 0 Å². The first-order valence-electron chi connectivity index (χ1n) is 6.93. The molecule has 0 aliphatic heterocycles. The van der Waals surface area contributed by atoms with Crippen LogP contribution in [0.15, 0.2) is 34.9 Å². The second kappa shape index (κ2) is 6.44. The molecule has 0 aliphatic rings. The molecule has 1 aromatic heterocycles. The van der Waals surface area contributed by atoms with E-state index in [1.807, 2.05) is 45.9 Å². The Kier molecular flexibility index (Phi) is 4.81. The lowest BCUT2D eigenvalue weighted by molar-refractivity contribution is 0.102. The molecular weight excluding hydrogens is 344 g/mol. The summed E-state index contributed by atoms with van der Waals surface area (Å²) < 4.78 is 0.947. The number of benzene rings is 1. The molecule has 116 valence electrons. The van der Waals surface area contributed by atoms with Gasteiger partial charge in [0.15, 0.2) is 0 Å². The number of amides is 1. The maximum atomic E-state index is 12.3. The van der Waals surface area contributed by atoms with Crippen LogP contribution in [0.3, 0.4) is 0 Å². The van der Waals surface area contributed by atoms with E-state index in [0.29, 0.717) is 17.3 Å². The molecule has 0 saturated heterocycles. The Labute approximate surface area is 138 Å². The summed E-state index contributed by atoms with van der Waals surface area (Å²) in [6, 6.07) is 7.24. The van der Waals surface area contributed by atoms with Crippen LogP contribution in [0.1, 0.15) is 36.8 Å². The predicted molar refractivity (Wildman–Crippen MR) is 92.2 cm³/mol. The van der Waals surface area contributed by atoms with E-state index in [-0.39, 0.29) is 11.4 Å². The third-order valence-electron chi connectivity index (χ3n) is 2.80. The van der Waals surface area contributed by atoms with Gasteiger partial charge in [-0.3, -0.25) is 4.79 Å². The van der Waals surface area contributed by atoms with E-state index < -0.39 is 0 Å². The number of aromatic nitrogens is 2. The van der Waals surface area contributed by atoms with Crippen molar-refractivity contribution < 1.29 is 4.79 Å². The lowest BCUT2D eigenvalue weighted by Gasteiger charge is -2.20. The summed E-state index contributed by atoms with van der Waals surface area (Å²) in [6.45, 7) is 8.01. The minimum Gasteiger partial charge on any atom is -0.350 e. The van der Waals surface area contributed by atoms with Gasteiger partial charge in [-0.15, -0.1) is 0 Å². The highest BCUT2D eigenvalue weighted by Crippen LogP contribution is 2.21. The van der Waals surface area contributed by atoms with Crippen molar-refractivity contribution >= 4 is 33.5 Å². The van der Waals surface area contributed by atoms with Crippen LogP contribution < -0.4 is 10.6 Å². The fraction of sp³-hybridized carbons (Fsp3) is 0.312. The minimum absolute atomic E-state index is 0.170. The third kappa shape index (κ3) is 4.53. The minimum atomic E-state index is -0.268. The highest BCUT2D eigenvalue weighted by Gasteiger charge is 2.14. The van der Waals surface area contributed by atoms with Crippen LogP contribution in [-0.2, 0) is 0 Å². The summed E-state index contributed by atoms with van der Waals surface area (Å²) in [4.78, 5) is 20.7. The van der Waals surface area contributed by atoms with Gasteiger partial charge in [0.25, 0.3) is 5.91 Å². The maximum absolute atomic E-state index is 12.3. The summed E-state index contributed by atoms with van der Waals surface area (Å²) in [7, 11) is 0. The van der Waals surface area contributed by atoms with Crippen LogP contribution in [0.2, 0.25) is 0 Å². The van der Waals surface area contributed by atoms with Crippen LogP contribution in [0.5, 0.6) is 0 Å². The largest absolute Gasteiger partial charge is 0.350 e. The Morgan fingerprint density at radius 3 is 2.59 bits per heavy atom. The van der Waals surface area contributed by atoms with E-state index >= 15 is 0 Å². The van der Waals surface area contributed by atoms with E-state index in [2.05, 4.69) is 36.5 Å². The fourth-order valence-corrected chi connectivity index (χ4v) is 2.13. The molecule has 0 radical (unpaired) electrons. The Morgan fingerprint density at radius 2 is 1.95 bits per heavy atom. The number of carbonyl (C=O) groups excluding carboxylic acids is 1. The normalized spacial score (nSPS) is 11.1. The van der Waals surface area contributed by atoms with E-state index in [4.69, 9.17) is 0 Å². The zero-order valence-corrected chi connectivity index (χ0v) is 14.7. The van der Waals surface area contributed by atoms with Gasteiger partial charge in [-0.05, 0) is 51.5 Å². The fourth-order valence-electron chi connectivity index (χ4n) is 1.75. The van der Waals surface area contributed by atoms with Crippen molar-refractivity contribution in [1.82, 2.24) is 9.97 Å². The molecule has 2 aromatic rings. The molecule has 0 bridgehead atoms. The quantitative estimate of drug-likeness (QED) is 0.865. The molecule has 0 fully saturated rings. The number of nitrogens with one attached hydrogen (secondary N) is 2. The number of hydrogen-bond donors (Lipinski definition) is 2. The molecule has 0 aliphatic carbocycles. The molecule has 2 rings (SSSR count). The second-order valence-electron chi connectivity index (χ2n) is 6.06. The van der Waals surface area contributed by atoms with Crippen molar-refractivity contribution in [2.75, 3.05) is 10.6 Å². The maximum Gasteiger partial charge on any atom is 0.274 e. The monoisotopic (exact) mass is 362 g/mol. The average molecular weight is 363 g/mol. The van der Waals surface area contributed by atoms with Crippen LogP contribution in [0.25, 0.3) is 0 Å². The number of rotatable bonds is 3. The van der Waals surface area contributed by atoms with Gasteiger partial charge in [0.1, 0.15) is 5.69 Å². The SMILES string of the molecule is Cc1ccc(NC(=O)c2ccnc(NC(C)(C)C)n2)cc1Br. The number of nitrogens with zero attached hydrogens (tertiary/aromatic N) is 2. The van der Waals surface area contributed by atoms with Gasteiger partial charge in [-0.25, -0.2) is 9.97 Å². The average Bonchev–Trinajstić information content (AvgIpc) is 2.41. The molecule has 1 heterocycles. The van der Waals surface area contributed by atoms with E-state index in [0.717, 1.165) is 10.0 Å². The van der Waals surface area contributed by atoms with Gasteiger partial charge < -0.3 is 10.6 Å². The molecule has 5 nitrogen and oxygen atoms in total. The Hall–Kier alpha value is -1.95. The lowest BCUT2D eigenvalue weighted by atomic mass is 10.1. The summed E-state index contributed by atoms with van der Waals surface area (Å²) >= 11 is 3.45. The van der Waals surface area contributed by atoms with Gasteiger partial charge in [-0.2, -0.15) is 0 Å². The van der Waals surface area contributed by atoms with Crippen molar-refractivity contribution in [3.63, 3.8) is 0 Å². The third-order valence-corrected chi connectivity index (χ3v) is 3.66. The number of hydrogen-bond acceptors (Lipinski definition) is 4. The van der Waals surface area contributed by atoms with Crippen molar-refractivity contribution in [1.29, 1.82) is 0 Å². The zero-order chi connectivity index (χ0) is 16.3. The van der Waals surface area contributed by atoms with Crippen LogP contribution in [-0.4, -0.2) is 21.4 Å². The standard InChI is InChI=1S/C16H19BrN4O/c1-10-5-6-11(9-12(10)17)19-14(22)13-7-8-18-15(20-13)21-16(2,3)4/h5-9H,1-4H3,(H,19,22)(H,18,20,21). The van der Waals surface area contributed by atoms with Crippen LogP contribution >= 0.6 is 15.9 Å². The molecule has 1 amide bonds. The van der Waals surface area contributed by atoms with Gasteiger partial charge >= 0.3 is 0 Å². The topological polar surface area (TPSA) is 66.9 Å². The molecule has 1 aromatic carbocycles. The van der Waals surface area contributed by atoms with Gasteiger partial charge in [-0.1, -0.05) is 22.0 Å². The lowest BCUT2D eigenvalue weighted by Crippen LogP contribution is -2.28. The summed E-state index contributed by atoms with van der Waals surface area (Å²) in [6.07, 6.45) is 1.57. The zero-order valence-electron chi connectivity index (χ0n) is 13.1. The van der Waals surface area contributed by atoms with E-state index in [1.54, 1.807) is 12.3 Å². The molecule has 0 saturated carbocycles. The van der Waals surface area contributed by atoms with Crippen molar-refractivity contribution in [3.05, 3.63) is 46.2 Å². The summed E-state index contributed by atoms with van der Waals surface area (Å²) in [5.41, 5.74) is 1.97.